The van der Waals surface area contributed by atoms with Gasteiger partial charge >= 0.3 is 0 Å². The Hall–Kier alpha value is -1.53. The lowest BCUT2D eigenvalue weighted by molar-refractivity contribution is -0.118. The van der Waals surface area contributed by atoms with Gasteiger partial charge < -0.3 is 10.6 Å². The highest BCUT2D eigenvalue weighted by molar-refractivity contribution is 5.92. The number of halogens is 2. The lowest BCUT2D eigenvalue weighted by atomic mass is 10.0. The Morgan fingerprint density at radius 3 is 2.67 bits per heavy atom. The zero-order valence-electron chi connectivity index (χ0n) is 12.2. The van der Waals surface area contributed by atoms with Crippen molar-refractivity contribution >= 4 is 11.6 Å². The van der Waals surface area contributed by atoms with Crippen LogP contribution in [-0.4, -0.2) is 43.0 Å². The van der Waals surface area contributed by atoms with E-state index in [4.69, 9.17) is 0 Å². The maximum absolute atomic E-state index is 13.1. The van der Waals surface area contributed by atoms with E-state index in [9.17, 15) is 13.6 Å². The molecule has 21 heavy (non-hydrogen) atoms. The van der Waals surface area contributed by atoms with Crippen molar-refractivity contribution in [1.82, 2.24) is 10.2 Å². The number of amides is 1. The van der Waals surface area contributed by atoms with E-state index in [1.54, 1.807) is 0 Å². The molecule has 0 aliphatic carbocycles. The third-order valence-corrected chi connectivity index (χ3v) is 3.78. The van der Waals surface area contributed by atoms with Crippen molar-refractivity contribution in [1.29, 1.82) is 0 Å². The van der Waals surface area contributed by atoms with Gasteiger partial charge in [-0.05, 0) is 44.6 Å². The summed E-state index contributed by atoms with van der Waals surface area (Å²) in [7, 11) is 0. The predicted molar refractivity (Wildman–Crippen MR) is 78.1 cm³/mol. The van der Waals surface area contributed by atoms with Gasteiger partial charge in [0.2, 0.25) is 5.91 Å². The number of carbonyl (C=O) groups excluding carboxylic acids is 1. The van der Waals surface area contributed by atoms with E-state index in [1.165, 1.54) is 6.07 Å². The predicted octanol–water partition coefficient (Wildman–Crippen LogP) is 1.98. The first-order valence-corrected chi connectivity index (χ1v) is 7.30. The van der Waals surface area contributed by atoms with Gasteiger partial charge in [-0.25, -0.2) is 8.78 Å². The summed E-state index contributed by atoms with van der Waals surface area (Å²) in [5, 5.41) is 5.90. The molecule has 2 rings (SSSR count). The van der Waals surface area contributed by atoms with E-state index in [-0.39, 0.29) is 18.1 Å². The highest BCUT2D eigenvalue weighted by atomic mass is 19.2. The molecule has 6 heteroatoms. The summed E-state index contributed by atoms with van der Waals surface area (Å²) in [5.41, 5.74) is 0.278. The molecule has 1 fully saturated rings. The lowest BCUT2D eigenvalue weighted by Crippen LogP contribution is -2.46. The van der Waals surface area contributed by atoms with Gasteiger partial charge in [-0.3, -0.25) is 9.69 Å². The topological polar surface area (TPSA) is 44.4 Å². The van der Waals surface area contributed by atoms with Gasteiger partial charge in [0.1, 0.15) is 0 Å². The van der Waals surface area contributed by atoms with E-state index in [0.717, 1.165) is 44.6 Å². The molecule has 0 spiro atoms. The van der Waals surface area contributed by atoms with Gasteiger partial charge in [-0.2, -0.15) is 0 Å². The van der Waals surface area contributed by atoms with Crippen molar-refractivity contribution in [3.05, 3.63) is 29.8 Å². The Labute approximate surface area is 123 Å². The van der Waals surface area contributed by atoms with Crippen LogP contribution < -0.4 is 10.6 Å². The second-order valence-corrected chi connectivity index (χ2v) is 5.22. The molecular weight excluding hydrogens is 276 g/mol. The van der Waals surface area contributed by atoms with Crippen LogP contribution in [0.5, 0.6) is 0 Å². The minimum absolute atomic E-state index is 0.207. The number of carbonyl (C=O) groups is 1. The Bertz CT molecular complexity index is 490. The Morgan fingerprint density at radius 2 is 2.05 bits per heavy atom. The van der Waals surface area contributed by atoms with Crippen LogP contribution in [0.4, 0.5) is 14.5 Å². The number of benzene rings is 1. The number of hydrogen-bond acceptors (Lipinski definition) is 3. The molecular formula is C15H21F2N3O. The van der Waals surface area contributed by atoms with Gasteiger partial charge in [0, 0.05) is 17.8 Å². The smallest absolute Gasteiger partial charge is 0.238 e. The lowest BCUT2D eigenvalue weighted by Gasteiger charge is -2.33. The maximum atomic E-state index is 13.1. The Kier molecular flexibility index (Phi) is 5.64. The van der Waals surface area contributed by atoms with Gasteiger partial charge in [-0.1, -0.05) is 6.92 Å². The summed E-state index contributed by atoms with van der Waals surface area (Å²) < 4.78 is 25.9. The van der Waals surface area contributed by atoms with Crippen LogP contribution >= 0.6 is 0 Å². The van der Waals surface area contributed by atoms with Crippen LogP contribution in [0.25, 0.3) is 0 Å². The summed E-state index contributed by atoms with van der Waals surface area (Å²) in [6.07, 6.45) is 2.04. The van der Waals surface area contributed by atoms with Gasteiger partial charge in [0.25, 0.3) is 0 Å². The van der Waals surface area contributed by atoms with Crippen LogP contribution in [0.15, 0.2) is 18.2 Å². The molecule has 1 amide bonds. The van der Waals surface area contributed by atoms with Gasteiger partial charge in [-0.15, -0.1) is 0 Å². The number of nitrogens with zero attached hydrogens (tertiary/aromatic N) is 1. The van der Waals surface area contributed by atoms with Crippen LogP contribution in [0.3, 0.4) is 0 Å². The third kappa shape index (κ3) is 4.47. The molecule has 0 unspecified atom stereocenters. The first-order chi connectivity index (χ1) is 10.1. The van der Waals surface area contributed by atoms with Gasteiger partial charge in [0.05, 0.1) is 6.54 Å². The number of piperidine rings is 1. The summed E-state index contributed by atoms with van der Waals surface area (Å²) in [6, 6.07) is 3.76. The average molecular weight is 297 g/mol. The van der Waals surface area contributed by atoms with Crippen LogP contribution in [-0.2, 0) is 4.79 Å². The van der Waals surface area contributed by atoms with E-state index in [1.807, 2.05) is 6.92 Å². The number of nitrogens with one attached hydrogen (secondary N) is 2. The Morgan fingerprint density at radius 1 is 1.33 bits per heavy atom. The van der Waals surface area contributed by atoms with Crippen molar-refractivity contribution in [2.45, 2.75) is 25.8 Å². The molecule has 0 saturated carbocycles. The van der Waals surface area contributed by atoms with Crippen molar-refractivity contribution < 1.29 is 13.6 Å². The molecule has 0 atom stereocenters. The molecule has 0 bridgehead atoms. The molecule has 1 heterocycles. The van der Waals surface area contributed by atoms with E-state index >= 15 is 0 Å². The summed E-state index contributed by atoms with van der Waals surface area (Å²) in [5.74, 6) is -2.09. The van der Waals surface area contributed by atoms with Crippen LogP contribution in [0.1, 0.15) is 19.8 Å². The van der Waals surface area contributed by atoms with Crippen LogP contribution in [0.2, 0.25) is 0 Å². The molecule has 2 N–H and O–H groups in total. The second-order valence-electron chi connectivity index (χ2n) is 5.22. The monoisotopic (exact) mass is 297 g/mol. The molecule has 0 aromatic heterocycles. The van der Waals surface area contributed by atoms with Crippen molar-refractivity contribution in [2.24, 2.45) is 0 Å². The molecule has 1 aromatic carbocycles. The first kappa shape index (κ1) is 15.9. The maximum Gasteiger partial charge on any atom is 0.238 e. The molecule has 1 saturated heterocycles. The second kappa shape index (κ2) is 7.47. The summed E-state index contributed by atoms with van der Waals surface area (Å²) >= 11 is 0. The van der Waals surface area contributed by atoms with Crippen LogP contribution in [0, 0.1) is 11.6 Å². The van der Waals surface area contributed by atoms with E-state index in [0.29, 0.717) is 6.04 Å². The highest BCUT2D eigenvalue weighted by Gasteiger charge is 2.21. The number of hydrogen-bond donors (Lipinski definition) is 2. The van der Waals surface area contributed by atoms with Crippen molar-refractivity contribution in [3.63, 3.8) is 0 Å². The zero-order valence-corrected chi connectivity index (χ0v) is 12.2. The molecule has 1 aromatic rings. The fraction of sp³-hybridized carbons (Fsp3) is 0.533. The van der Waals surface area contributed by atoms with Crippen molar-refractivity contribution in [2.75, 3.05) is 31.5 Å². The largest absolute Gasteiger partial charge is 0.325 e. The minimum Gasteiger partial charge on any atom is -0.325 e. The molecule has 4 nitrogen and oxygen atoms in total. The normalized spacial score (nSPS) is 16.2. The summed E-state index contributed by atoms with van der Waals surface area (Å²) in [4.78, 5) is 14.2. The van der Waals surface area contributed by atoms with E-state index in [2.05, 4.69) is 15.5 Å². The standard InChI is InChI=1S/C15H21F2N3O/c1-2-20(12-5-7-18-8-6-12)10-15(21)19-11-3-4-13(16)14(17)9-11/h3-4,9,12,18H,2,5-8,10H2,1H3,(H,19,21). The first-order valence-electron chi connectivity index (χ1n) is 7.30. The summed E-state index contributed by atoms with van der Waals surface area (Å²) in [6.45, 7) is 5.00. The minimum atomic E-state index is -0.960. The Balaban J connectivity index is 1.91. The highest BCUT2D eigenvalue weighted by Crippen LogP contribution is 2.14. The molecule has 1 aliphatic heterocycles. The number of anilines is 1. The zero-order chi connectivity index (χ0) is 15.2. The third-order valence-electron chi connectivity index (χ3n) is 3.78. The molecule has 1 aliphatic rings. The quantitative estimate of drug-likeness (QED) is 0.873. The molecule has 0 radical (unpaired) electrons. The number of likely N-dealkylation sites (N-methyl/N-ethyl adjacent to an activating group) is 1. The fourth-order valence-electron chi connectivity index (χ4n) is 2.63. The molecule has 116 valence electrons. The fourth-order valence-corrected chi connectivity index (χ4v) is 2.63. The van der Waals surface area contributed by atoms with E-state index < -0.39 is 11.6 Å². The average Bonchev–Trinajstić information content (AvgIpc) is 2.49. The number of rotatable bonds is 5. The van der Waals surface area contributed by atoms with Gasteiger partial charge in [0.15, 0.2) is 11.6 Å². The van der Waals surface area contributed by atoms with Crippen molar-refractivity contribution in [3.8, 4) is 0 Å². The SMILES string of the molecule is CCN(CC(=O)Nc1ccc(F)c(F)c1)C1CCNCC1.